The minimum Gasteiger partial charge on any atom is -0.314 e. The maximum Gasteiger partial charge on any atom is 0.135 e. The van der Waals surface area contributed by atoms with Crippen molar-refractivity contribution in [2.45, 2.75) is 71.4 Å². The van der Waals surface area contributed by atoms with Gasteiger partial charge in [-0.15, -0.1) is 10.2 Å². The lowest BCUT2D eigenvalue weighted by Gasteiger charge is -2.24. The molecule has 1 aliphatic heterocycles. The zero-order valence-corrected chi connectivity index (χ0v) is 12.1. The van der Waals surface area contributed by atoms with Crippen LogP contribution in [0.15, 0.2) is 0 Å². The third-order valence-corrected chi connectivity index (χ3v) is 3.96. The Bertz CT molecular complexity index is 377. The Morgan fingerprint density at radius 1 is 1.39 bits per heavy atom. The van der Waals surface area contributed by atoms with E-state index in [0.29, 0.717) is 18.0 Å². The van der Waals surface area contributed by atoms with E-state index in [1.54, 1.807) is 0 Å². The molecule has 1 fully saturated rings. The summed E-state index contributed by atoms with van der Waals surface area (Å²) < 4.78 is 2.37. The van der Waals surface area contributed by atoms with Crippen LogP contribution in [-0.4, -0.2) is 27.4 Å². The molecule has 0 saturated carbocycles. The Morgan fingerprint density at radius 3 is 2.72 bits per heavy atom. The smallest absolute Gasteiger partial charge is 0.135 e. The van der Waals surface area contributed by atoms with Crippen molar-refractivity contribution in [3.63, 3.8) is 0 Å². The first kappa shape index (κ1) is 13.5. The average Bonchev–Trinajstić information content (AvgIpc) is 2.95. The minimum atomic E-state index is 0.441. The lowest BCUT2D eigenvalue weighted by Crippen LogP contribution is -2.27. The normalized spacial score (nSPS) is 21.7. The fraction of sp³-hybridized carbons (Fsp3) is 0.857. The minimum absolute atomic E-state index is 0.441. The Labute approximate surface area is 110 Å². The van der Waals surface area contributed by atoms with E-state index < -0.39 is 0 Å². The van der Waals surface area contributed by atoms with Gasteiger partial charge < -0.3 is 9.88 Å². The zero-order chi connectivity index (χ0) is 13.1. The molecule has 0 bridgehead atoms. The van der Waals surface area contributed by atoms with E-state index in [-0.39, 0.29) is 0 Å². The molecule has 4 nitrogen and oxygen atoms in total. The highest BCUT2D eigenvalue weighted by Gasteiger charge is 2.24. The van der Waals surface area contributed by atoms with Crippen LogP contribution in [-0.2, 0) is 0 Å². The van der Waals surface area contributed by atoms with Crippen LogP contribution in [0.25, 0.3) is 0 Å². The van der Waals surface area contributed by atoms with Crippen LogP contribution in [0.5, 0.6) is 0 Å². The van der Waals surface area contributed by atoms with Crippen molar-refractivity contribution in [2.24, 2.45) is 0 Å². The number of hydrogen-bond acceptors (Lipinski definition) is 3. The van der Waals surface area contributed by atoms with Gasteiger partial charge in [-0.1, -0.05) is 20.8 Å². The van der Waals surface area contributed by atoms with Gasteiger partial charge in [-0.2, -0.15) is 0 Å². The molecule has 1 N–H and O–H groups in total. The molecule has 1 aromatic heterocycles. The summed E-state index contributed by atoms with van der Waals surface area (Å²) in [6.45, 7) is 9.91. The summed E-state index contributed by atoms with van der Waals surface area (Å²) in [5, 5.41) is 12.2. The van der Waals surface area contributed by atoms with Crippen molar-refractivity contribution < 1.29 is 0 Å². The highest BCUT2D eigenvalue weighted by molar-refractivity contribution is 5.02. The van der Waals surface area contributed by atoms with E-state index in [1.807, 2.05) is 0 Å². The van der Waals surface area contributed by atoms with Gasteiger partial charge in [0.15, 0.2) is 0 Å². The fourth-order valence-corrected chi connectivity index (χ4v) is 2.97. The number of nitrogens with zero attached hydrogens (tertiary/aromatic N) is 3. The van der Waals surface area contributed by atoms with Crippen LogP contribution in [0, 0.1) is 6.92 Å². The second-order valence-corrected chi connectivity index (χ2v) is 5.72. The topological polar surface area (TPSA) is 42.7 Å². The molecule has 0 spiro atoms. The Kier molecular flexibility index (Phi) is 4.38. The fourth-order valence-electron chi connectivity index (χ4n) is 2.97. The van der Waals surface area contributed by atoms with E-state index in [4.69, 9.17) is 0 Å². The number of aromatic nitrogens is 3. The van der Waals surface area contributed by atoms with E-state index >= 15 is 0 Å². The summed E-state index contributed by atoms with van der Waals surface area (Å²) in [5.41, 5.74) is 0. The first-order chi connectivity index (χ1) is 8.63. The lowest BCUT2D eigenvalue weighted by atomic mass is 10.0. The molecule has 2 atom stereocenters. The Hall–Kier alpha value is -0.900. The molecular formula is C14H26N4. The van der Waals surface area contributed by atoms with E-state index in [1.165, 1.54) is 25.8 Å². The molecule has 0 aromatic carbocycles. The van der Waals surface area contributed by atoms with Gasteiger partial charge in [0, 0.05) is 18.0 Å². The number of hydrogen-bond donors (Lipinski definition) is 1. The van der Waals surface area contributed by atoms with E-state index in [2.05, 4.69) is 47.8 Å². The molecule has 0 aliphatic carbocycles. The molecule has 1 saturated heterocycles. The molecule has 4 heteroatoms. The van der Waals surface area contributed by atoms with Crippen molar-refractivity contribution in [3.05, 3.63) is 11.6 Å². The first-order valence-corrected chi connectivity index (χ1v) is 7.28. The van der Waals surface area contributed by atoms with Crippen LogP contribution in [0.3, 0.4) is 0 Å². The van der Waals surface area contributed by atoms with Crippen LogP contribution in [0.4, 0.5) is 0 Å². The largest absolute Gasteiger partial charge is 0.314 e. The van der Waals surface area contributed by atoms with Crippen molar-refractivity contribution in [1.82, 2.24) is 20.1 Å². The highest BCUT2D eigenvalue weighted by atomic mass is 15.3. The summed E-state index contributed by atoms with van der Waals surface area (Å²) in [6.07, 6.45) is 4.99. The Morgan fingerprint density at radius 2 is 2.17 bits per heavy atom. The van der Waals surface area contributed by atoms with E-state index in [9.17, 15) is 0 Å². The van der Waals surface area contributed by atoms with Crippen molar-refractivity contribution in [2.75, 3.05) is 6.54 Å². The monoisotopic (exact) mass is 250 g/mol. The molecule has 2 unspecified atom stereocenters. The Balaban J connectivity index is 2.17. The predicted octanol–water partition coefficient (Wildman–Crippen LogP) is 2.80. The van der Waals surface area contributed by atoms with Gasteiger partial charge >= 0.3 is 0 Å². The van der Waals surface area contributed by atoms with Gasteiger partial charge in [0.1, 0.15) is 11.6 Å². The number of aryl methyl sites for hydroxylation is 1. The molecule has 0 amide bonds. The SMILES string of the molecule is CCC(CC1CCCN1)n1c(C)nnc1C(C)C. The predicted molar refractivity (Wildman–Crippen MR) is 73.8 cm³/mol. The summed E-state index contributed by atoms with van der Waals surface area (Å²) >= 11 is 0. The van der Waals surface area contributed by atoms with Crippen LogP contribution < -0.4 is 5.32 Å². The maximum absolute atomic E-state index is 4.35. The third-order valence-electron chi connectivity index (χ3n) is 3.96. The molecule has 2 rings (SSSR count). The van der Waals surface area contributed by atoms with Gasteiger partial charge in [-0.05, 0) is 39.2 Å². The van der Waals surface area contributed by atoms with Crippen molar-refractivity contribution in [3.8, 4) is 0 Å². The lowest BCUT2D eigenvalue weighted by molar-refractivity contribution is 0.374. The van der Waals surface area contributed by atoms with Crippen LogP contribution in [0.1, 0.15) is 70.1 Å². The highest BCUT2D eigenvalue weighted by Crippen LogP contribution is 2.27. The van der Waals surface area contributed by atoms with Gasteiger partial charge in [0.25, 0.3) is 0 Å². The summed E-state index contributed by atoms with van der Waals surface area (Å²) in [7, 11) is 0. The maximum atomic E-state index is 4.35. The molecule has 18 heavy (non-hydrogen) atoms. The molecule has 2 heterocycles. The average molecular weight is 250 g/mol. The van der Waals surface area contributed by atoms with Gasteiger partial charge in [-0.25, -0.2) is 0 Å². The van der Waals surface area contributed by atoms with Gasteiger partial charge in [0.2, 0.25) is 0 Å². The molecule has 102 valence electrons. The summed E-state index contributed by atoms with van der Waals surface area (Å²) in [5.74, 6) is 2.64. The quantitative estimate of drug-likeness (QED) is 0.874. The standard InChI is InChI=1S/C14H26N4/c1-5-13(9-12-7-6-8-15-12)18-11(4)16-17-14(18)10(2)3/h10,12-13,15H,5-9H2,1-4H3. The van der Waals surface area contributed by atoms with Crippen LogP contribution in [0.2, 0.25) is 0 Å². The van der Waals surface area contributed by atoms with E-state index in [0.717, 1.165) is 18.1 Å². The van der Waals surface area contributed by atoms with Gasteiger partial charge in [-0.3, -0.25) is 0 Å². The second kappa shape index (κ2) is 5.83. The number of rotatable bonds is 5. The summed E-state index contributed by atoms with van der Waals surface area (Å²) in [4.78, 5) is 0. The second-order valence-electron chi connectivity index (χ2n) is 5.72. The number of nitrogens with one attached hydrogen (secondary N) is 1. The zero-order valence-electron chi connectivity index (χ0n) is 12.1. The first-order valence-electron chi connectivity index (χ1n) is 7.28. The van der Waals surface area contributed by atoms with Crippen LogP contribution >= 0.6 is 0 Å². The molecular weight excluding hydrogens is 224 g/mol. The summed E-state index contributed by atoms with van der Waals surface area (Å²) in [6, 6.07) is 1.21. The van der Waals surface area contributed by atoms with Crippen molar-refractivity contribution in [1.29, 1.82) is 0 Å². The van der Waals surface area contributed by atoms with Gasteiger partial charge in [0.05, 0.1) is 0 Å². The third kappa shape index (κ3) is 2.74. The molecule has 1 aromatic rings. The van der Waals surface area contributed by atoms with Crippen molar-refractivity contribution >= 4 is 0 Å². The molecule has 0 radical (unpaired) electrons. The molecule has 1 aliphatic rings.